The van der Waals surface area contributed by atoms with Gasteiger partial charge in [0.05, 0.1) is 19.1 Å². The number of ether oxygens (including phenoxy) is 2. The van der Waals surface area contributed by atoms with Gasteiger partial charge >= 0.3 is 0 Å². The summed E-state index contributed by atoms with van der Waals surface area (Å²) in [4.78, 5) is 12.4. The van der Waals surface area contributed by atoms with Gasteiger partial charge in [0.15, 0.2) is 11.5 Å². The third-order valence-corrected chi connectivity index (χ3v) is 4.21. The zero-order chi connectivity index (χ0) is 16.6. The Balaban J connectivity index is 0.00000484. The lowest BCUT2D eigenvalue weighted by Crippen LogP contribution is -2.45. The average molecular weight is 345 g/mol. The molecule has 0 saturated heterocycles. The van der Waals surface area contributed by atoms with E-state index in [-0.39, 0.29) is 18.3 Å². The number of nitrogens with two attached hydrogens (primary N) is 1. The first-order valence-electron chi connectivity index (χ1n) is 7.84. The molecule has 0 spiro atoms. The molecule has 1 aromatic rings. The number of carbonyl (C=O) groups excluding carboxylic acids is 1. The number of amides is 1. The fourth-order valence-corrected chi connectivity index (χ4v) is 2.42. The number of halogens is 1. The maximum atomic E-state index is 12.4. The number of hydrogen-bond acceptors (Lipinski definition) is 4. The first-order valence-corrected chi connectivity index (χ1v) is 7.84. The van der Waals surface area contributed by atoms with Crippen molar-refractivity contribution in [2.75, 3.05) is 20.3 Å². The van der Waals surface area contributed by atoms with E-state index in [1.165, 1.54) is 0 Å². The predicted molar refractivity (Wildman–Crippen MR) is 95.3 cm³/mol. The van der Waals surface area contributed by atoms with Gasteiger partial charge in [-0.1, -0.05) is 19.9 Å². The van der Waals surface area contributed by atoms with Crippen molar-refractivity contribution in [2.24, 2.45) is 11.1 Å². The van der Waals surface area contributed by atoms with E-state index in [0.717, 1.165) is 18.4 Å². The standard InChI is InChI=1S/C17H28N2O3.ClH/c1-5-17(6-2,12-18)16(20)19-11-13-8-9-14(21-4)15(10-13)22-7-3;/h8-10H,5-7,11-12,18H2,1-4H3,(H,19,20);1H. The van der Waals surface area contributed by atoms with Gasteiger partial charge in [-0.05, 0) is 37.5 Å². The van der Waals surface area contributed by atoms with Crippen molar-refractivity contribution in [3.63, 3.8) is 0 Å². The van der Waals surface area contributed by atoms with E-state index in [1.54, 1.807) is 7.11 Å². The molecule has 6 heteroatoms. The lowest BCUT2D eigenvalue weighted by molar-refractivity contribution is -0.131. The fourth-order valence-electron chi connectivity index (χ4n) is 2.42. The lowest BCUT2D eigenvalue weighted by Gasteiger charge is -2.28. The van der Waals surface area contributed by atoms with Crippen molar-refractivity contribution in [1.82, 2.24) is 5.32 Å². The SMILES string of the molecule is CCOc1cc(CNC(=O)C(CC)(CC)CN)ccc1OC.Cl. The van der Waals surface area contributed by atoms with Crippen LogP contribution in [0.1, 0.15) is 39.2 Å². The summed E-state index contributed by atoms with van der Waals surface area (Å²) < 4.78 is 10.8. The molecule has 3 N–H and O–H groups in total. The topological polar surface area (TPSA) is 73.6 Å². The van der Waals surface area contributed by atoms with Crippen LogP contribution >= 0.6 is 12.4 Å². The molecule has 132 valence electrons. The highest BCUT2D eigenvalue weighted by Crippen LogP contribution is 2.28. The Morgan fingerprint density at radius 1 is 1.22 bits per heavy atom. The van der Waals surface area contributed by atoms with Crippen LogP contribution in [0.5, 0.6) is 11.5 Å². The van der Waals surface area contributed by atoms with Crippen LogP contribution in [0.2, 0.25) is 0 Å². The van der Waals surface area contributed by atoms with Crippen molar-refractivity contribution < 1.29 is 14.3 Å². The van der Waals surface area contributed by atoms with Crippen molar-refractivity contribution >= 4 is 18.3 Å². The highest BCUT2D eigenvalue weighted by Gasteiger charge is 2.32. The van der Waals surface area contributed by atoms with Gasteiger partial charge in [0.1, 0.15) is 0 Å². The molecule has 1 amide bonds. The third kappa shape index (κ3) is 5.29. The molecule has 0 radical (unpaired) electrons. The second-order valence-corrected chi connectivity index (χ2v) is 5.29. The summed E-state index contributed by atoms with van der Waals surface area (Å²) in [6, 6.07) is 5.66. The summed E-state index contributed by atoms with van der Waals surface area (Å²) in [5, 5.41) is 2.98. The normalized spacial score (nSPS) is 10.7. The first kappa shape index (κ1) is 21.5. The van der Waals surface area contributed by atoms with Gasteiger partial charge in [-0.3, -0.25) is 4.79 Å². The van der Waals surface area contributed by atoms with Crippen molar-refractivity contribution in [2.45, 2.75) is 40.2 Å². The van der Waals surface area contributed by atoms with Gasteiger partial charge in [0.2, 0.25) is 5.91 Å². The highest BCUT2D eigenvalue weighted by atomic mass is 35.5. The maximum Gasteiger partial charge on any atom is 0.227 e. The van der Waals surface area contributed by atoms with Crippen LogP contribution in [0, 0.1) is 5.41 Å². The van der Waals surface area contributed by atoms with E-state index < -0.39 is 5.41 Å². The molecular weight excluding hydrogens is 316 g/mol. The second-order valence-electron chi connectivity index (χ2n) is 5.29. The zero-order valence-corrected chi connectivity index (χ0v) is 15.3. The minimum absolute atomic E-state index is 0. The molecule has 0 aromatic heterocycles. The van der Waals surface area contributed by atoms with E-state index in [4.69, 9.17) is 15.2 Å². The summed E-state index contributed by atoms with van der Waals surface area (Å²) in [6.07, 6.45) is 1.47. The molecule has 0 heterocycles. The Kier molecular flexibility index (Phi) is 9.68. The Hall–Kier alpha value is -1.46. The van der Waals surface area contributed by atoms with Gasteiger partial charge in [0.25, 0.3) is 0 Å². The number of hydrogen-bond donors (Lipinski definition) is 2. The summed E-state index contributed by atoms with van der Waals surface area (Å²) >= 11 is 0. The highest BCUT2D eigenvalue weighted by molar-refractivity contribution is 5.85. The van der Waals surface area contributed by atoms with Crippen LogP contribution in [-0.2, 0) is 11.3 Å². The van der Waals surface area contributed by atoms with Crippen LogP contribution < -0.4 is 20.5 Å². The molecule has 1 aromatic carbocycles. The van der Waals surface area contributed by atoms with Gasteiger partial charge in [0, 0.05) is 13.1 Å². The molecule has 23 heavy (non-hydrogen) atoms. The Morgan fingerprint density at radius 3 is 2.35 bits per heavy atom. The summed E-state index contributed by atoms with van der Waals surface area (Å²) in [7, 11) is 1.61. The summed E-state index contributed by atoms with van der Waals surface area (Å²) in [5.74, 6) is 1.39. The minimum Gasteiger partial charge on any atom is -0.493 e. The number of methoxy groups -OCH3 is 1. The second kappa shape index (κ2) is 10.3. The molecule has 1 rings (SSSR count). The van der Waals surface area contributed by atoms with E-state index in [1.807, 2.05) is 39.0 Å². The summed E-state index contributed by atoms with van der Waals surface area (Å²) in [5.41, 5.74) is 6.29. The van der Waals surface area contributed by atoms with Gasteiger partial charge in [-0.15, -0.1) is 12.4 Å². The molecule has 0 aliphatic rings. The third-order valence-electron chi connectivity index (χ3n) is 4.21. The van der Waals surface area contributed by atoms with Crippen molar-refractivity contribution in [3.8, 4) is 11.5 Å². The van der Waals surface area contributed by atoms with Crippen LogP contribution in [0.3, 0.4) is 0 Å². The van der Waals surface area contributed by atoms with E-state index in [0.29, 0.717) is 31.2 Å². The van der Waals surface area contributed by atoms with Crippen molar-refractivity contribution in [3.05, 3.63) is 23.8 Å². The lowest BCUT2D eigenvalue weighted by atomic mass is 9.81. The minimum atomic E-state index is -0.477. The average Bonchev–Trinajstić information content (AvgIpc) is 2.55. The molecule has 0 bridgehead atoms. The largest absolute Gasteiger partial charge is 0.493 e. The molecule has 0 atom stereocenters. The molecule has 0 unspecified atom stereocenters. The number of rotatable bonds is 9. The first-order chi connectivity index (χ1) is 10.6. The molecule has 0 aliphatic heterocycles. The number of nitrogens with one attached hydrogen (secondary N) is 1. The molecule has 0 aliphatic carbocycles. The monoisotopic (exact) mass is 344 g/mol. The van der Waals surface area contributed by atoms with E-state index in [9.17, 15) is 4.79 Å². The van der Waals surface area contributed by atoms with Crippen molar-refractivity contribution in [1.29, 1.82) is 0 Å². The quantitative estimate of drug-likeness (QED) is 0.722. The van der Waals surface area contributed by atoms with Gasteiger partial charge in [-0.25, -0.2) is 0 Å². The zero-order valence-electron chi connectivity index (χ0n) is 14.5. The number of carbonyl (C=O) groups is 1. The van der Waals surface area contributed by atoms with Crippen LogP contribution in [0.4, 0.5) is 0 Å². The summed E-state index contributed by atoms with van der Waals surface area (Å²) in [6.45, 7) is 7.29. The number of benzene rings is 1. The van der Waals surface area contributed by atoms with Crippen LogP contribution in [0.25, 0.3) is 0 Å². The van der Waals surface area contributed by atoms with Crippen LogP contribution in [-0.4, -0.2) is 26.2 Å². The molecule has 5 nitrogen and oxygen atoms in total. The molecule has 0 saturated carbocycles. The van der Waals surface area contributed by atoms with Crippen LogP contribution in [0.15, 0.2) is 18.2 Å². The van der Waals surface area contributed by atoms with Gasteiger partial charge in [-0.2, -0.15) is 0 Å². The predicted octanol–water partition coefficient (Wildman–Crippen LogP) is 2.90. The van der Waals surface area contributed by atoms with E-state index >= 15 is 0 Å². The molecular formula is C17H29ClN2O3. The Labute approximate surface area is 145 Å². The molecule has 0 fully saturated rings. The van der Waals surface area contributed by atoms with E-state index in [2.05, 4.69) is 5.32 Å². The fraction of sp³-hybridized carbons (Fsp3) is 0.588. The van der Waals surface area contributed by atoms with Gasteiger partial charge < -0.3 is 20.5 Å². The Morgan fingerprint density at radius 2 is 1.87 bits per heavy atom. The maximum absolute atomic E-state index is 12.4. The Bertz CT molecular complexity index is 482. The smallest absolute Gasteiger partial charge is 0.227 e.